The van der Waals surface area contributed by atoms with Gasteiger partial charge >= 0.3 is 0 Å². The molecule has 8 heteroatoms. The second-order valence-electron chi connectivity index (χ2n) is 4.08. The number of nitrogens with two attached hydrogens (primary N) is 1. The van der Waals surface area contributed by atoms with Crippen molar-refractivity contribution >= 4 is 44.2 Å². The van der Waals surface area contributed by atoms with E-state index in [2.05, 4.69) is 27.9 Å². The van der Waals surface area contributed by atoms with Crippen molar-refractivity contribution in [3.63, 3.8) is 0 Å². The molecule has 0 aliphatic heterocycles. The molecule has 2 rings (SSSR count). The van der Waals surface area contributed by atoms with Gasteiger partial charge in [0.05, 0.1) is 0 Å². The van der Waals surface area contributed by atoms with Crippen molar-refractivity contribution in [3.8, 4) is 0 Å². The topological polar surface area (TPSA) is 102 Å². The number of primary sulfonamides is 1. The Bertz CT molecular complexity index is 768. The molecule has 1 heterocycles. The molecule has 0 unspecified atom stereocenters. The minimum Gasteiger partial charge on any atom is -0.438 e. The average molecular weight is 406 g/mol. The van der Waals surface area contributed by atoms with Crippen LogP contribution >= 0.6 is 22.6 Å². The zero-order chi connectivity index (χ0) is 14.9. The summed E-state index contributed by atoms with van der Waals surface area (Å²) in [5, 5.41) is 7.11. The lowest BCUT2D eigenvalue weighted by atomic mass is 10.2. The zero-order valence-corrected chi connectivity index (χ0v) is 13.4. The predicted molar refractivity (Wildman–Crippen MR) is 81.9 cm³/mol. The van der Waals surface area contributed by atoms with Crippen molar-refractivity contribution < 1.29 is 17.6 Å². The summed E-state index contributed by atoms with van der Waals surface area (Å²) < 4.78 is 28.1. The van der Waals surface area contributed by atoms with Crippen LogP contribution in [0.3, 0.4) is 0 Å². The summed E-state index contributed by atoms with van der Waals surface area (Å²) in [6.45, 7) is 1.86. The molecule has 1 aromatic carbocycles. The summed E-state index contributed by atoms with van der Waals surface area (Å²) in [6, 6.07) is 7.93. The Morgan fingerprint density at radius 3 is 2.55 bits per heavy atom. The largest absolute Gasteiger partial charge is 0.438 e. The molecular formula is C12H11IN2O4S. The standard InChI is InChI=1S/C12H11IN2O4S/c1-7-6-8(13)2-3-9(7)15-12(16)10-4-5-11(19-10)20(14,17)18/h2-6H,1H3,(H,15,16)(H2,14,17,18). The predicted octanol–water partition coefficient (Wildman–Crippen LogP) is 2.09. The molecule has 0 saturated heterocycles. The number of furan rings is 1. The van der Waals surface area contributed by atoms with Crippen molar-refractivity contribution in [3.05, 3.63) is 45.2 Å². The molecule has 3 N–H and O–H groups in total. The second-order valence-corrected chi connectivity index (χ2v) is 6.82. The number of halogens is 1. The molecular weight excluding hydrogens is 395 g/mol. The SMILES string of the molecule is Cc1cc(I)ccc1NC(=O)c1ccc(S(N)(=O)=O)o1. The molecule has 0 radical (unpaired) electrons. The van der Waals surface area contributed by atoms with Gasteiger partial charge in [-0.15, -0.1) is 0 Å². The van der Waals surface area contributed by atoms with E-state index in [1.54, 1.807) is 6.07 Å². The van der Waals surface area contributed by atoms with Gasteiger partial charge in [0.15, 0.2) is 5.76 Å². The molecule has 0 spiro atoms. The maximum Gasteiger partial charge on any atom is 0.291 e. The lowest BCUT2D eigenvalue weighted by molar-refractivity contribution is 0.0991. The smallest absolute Gasteiger partial charge is 0.291 e. The van der Waals surface area contributed by atoms with E-state index in [1.165, 1.54) is 6.07 Å². The van der Waals surface area contributed by atoms with Gasteiger partial charge in [0.25, 0.3) is 15.9 Å². The highest BCUT2D eigenvalue weighted by Gasteiger charge is 2.17. The van der Waals surface area contributed by atoms with E-state index in [9.17, 15) is 13.2 Å². The third-order valence-electron chi connectivity index (χ3n) is 2.52. The van der Waals surface area contributed by atoms with Crippen LogP contribution in [-0.2, 0) is 10.0 Å². The van der Waals surface area contributed by atoms with Gasteiger partial charge < -0.3 is 9.73 Å². The lowest BCUT2D eigenvalue weighted by Gasteiger charge is -2.07. The highest BCUT2D eigenvalue weighted by atomic mass is 127. The average Bonchev–Trinajstić information content (AvgIpc) is 2.82. The number of carbonyl (C=O) groups excluding carboxylic acids is 1. The van der Waals surface area contributed by atoms with Gasteiger partial charge in [0.2, 0.25) is 5.09 Å². The molecule has 1 aromatic heterocycles. The fourth-order valence-electron chi connectivity index (χ4n) is 1.55. The fraction of sp³-hybridized carbons (Fsp3) is 0.0833. The van der Waals surface area contributed by atoms with Gasteiger partial charge in [0.1, 0.15) is 0 Å². The highest BCUT2D eigenvalue weighted by Crippen LogP contribution is 2.19. The van der Waals surface area contributed by atoms with E-state index < -0.39 is 21.0 Å². The summed E-state index contributed by atoms with van der Waals surface area (Å²) in [5.74, 6) is -0.656. The number of aryl methyl sites for hydroxylation is 1. The summed E-state index contributed by atoms with van der Waals surface area (Å²) in [4.78, 5) is 11.9. The number of anilines is 1. The first kappa shape index (κ1) is 15.0. The molecule has 0 saturated carbocycles. The first-order valence-corrected chi connectivity index (χ1v) is 8.10. The number of sulfonamides is 1. The first-order valence-electron chi connectivity index (χ1n) is 5.47. The van der Waals surface area contributed by atoms with E-state index in [1.807, 2.05) is 19.1 Å². The highest BCUT2D eigenvalue weighted by molar-refractivity contribution is 14.1. The van der Waals surface area contributed by atoms with Crippen LogP contribution in [0.15, 0.2) is 39.8 Å². The van der Waals surface area contributed by atoms with E-state index >= 15 is 0 Å². The Balaban J connectivity index is 2.22. The Kier molecular flexibility index (Phi) is 4.16. The van der Waals surface area contributed by atoms with Crippen LogP contribution in [0.25, 0.3) is 0 Å². The van der Waals surface area contributed by atoms with Crippen molar-refractivity contribution in [2.75, 3.05) is 5.32 Å². The fourth-order valence-corrected chi connectivity index (χ4v) is 2.66. The van der Waals surface area contributed by atoms with Crippen LogP contribution in [0.5, 0.6) is 0 Å². The second kappa shape index (κ2) is 5.54. The summed E-state index contributed by atoms with van der Waals surface area (Å²) in [5.41, 5.74) is 1.52. The van der Waals surface area contributed by atoms with Crippen molar-refractivity contribution in [2.45, 2.75) is 12.0 Å². The normalized spacial score (nSPS) is 11.3. The van der Waals surface area contributed by atoms with Crippen LogP contribution in [0.4, 0.5) is 5.69 Å². The number of nitrogens with one attached hydrogen (secondary N) is 1. The first-order chi connectivity index (χ1) is 9.27. The van der Waals surface area contributed by atoms with Crippen molar-refractivity contribution in [2.24, 2.45) is 5.14 Å². The number of benzene rings is 1. The van der Waals surface area contributed by atoms with Crippen molar-refractivity contribution in [1.29, 1.82) is 0 Å². The Hall–Kier alpha value is -1.39. The Morgan fingerprint density at radius 2 is 2.00 bits per heavy atom. The Labute approximate surface area is 129 Å². The summed E-state index contributed by atoms with van der Waals surface area (Å²) in [6.07, 6.45) is 0. The molecule has 0 bridgehead atoms. The molecule has 106 valence electrons. The maximum atomic E-state index is 11.9. The van der Waals surface area contributed by atoms with E-state index in [-0.39, 0.29) is 5.76 Å². The molecule has 0 fully saturated rings. The number of hydrogen-bond donors (Lipinski definition) is 2. The molecule has 20 heavy (non-hydrogen) atoms. The van der Waals surface area contributed by atoms with Crippen LogP contribution in [0.1, 0.15) is 16.1 Å². The minimum absolute atomic E-state index is 0.119. The third-order valence-corrected chi connectivity index (χ3v) is 3.97. The van der Waals surface area contributed by atoms with Gasteiger partial charge in [0, 0.05) is 9.26 Å². The lowest BCUT2D eigenvalue weighted by Crippen LogP contribution is -2.13. The number of amides is 1. The van der Waals surface area contributed by atoms with Crippen LogP contribution in [-0.4, -0.2) is 14.3 Å². The number of carbonyl (C=O) groups is 1. The van der Waals surface area contributed by atoms with E-state index in [0.717, 1.165) is 15.2 Å². The minimum atomic E-state index is -3.95. The summed E-state index contributed by atoms with van der Waals surface area (Å²) in [7, 11) is -3.95. The van der Waals surface area contributed by atoms with Crippen LogP contribution < -0.4 is 10.5 Å². The van der Waals surface area contributed by atoms with Gasteiger partial charge in [-0.25, -0.2) is 13.6 Å². The molecule has 0 atom stereocenters. The third kappa shape index (κ3) is 3.38. The molecule has 2 aromatic rings. The van der Waals surface area contributed by atoms with Crippen LogP contribution in [0.2, 0.25) is 0 Å². The monoisotopic (exact) mass is 406 g/mol. The van der Waals surface area contributed by atoms with Crippen molar-refractivity contribution in [1.82, 2.24) is 0 Å². The zero-order valence-electron chi connectivity index (χ0n) is 10.4. The molecule has 0 aliphatic carbocycles. The van der Waals surface area contributed by atoms with Gasteiger partial charge in [-0.1, -0.05) is 0 Å². The molecule has 1 amide bonds. The van der Waals surface area contributed by atoms with E-state index in [4.69, 9.17) is 9.56 Å². The van der Waals surface area contributed by atoms with E-state index in [0.29, 0.717) is 5.69 Å². The van der Waals surface area contributed by atoms with Gasteiger partial charge in [-0.2, -0.15) is 0 Å². The molecule has 0 aliphatic rings. The summed E-state index contributed by atoms with van der Waals surface area (Å²) >= 11 is 2.17. The van der Waals surface area contributed by atoms with Gasteiger partial charge in [-0.3, -0.25) is 4.79 Å². The van der Waals surface area contributed by atoms with Gasteiger partial charge in [-0.05, 0) is 65.4 Å². The Morgan fingerprint density at radius 1 is 1.30 bits per heavy atom. The quantitative estimate of drug-likeness (QED) is 0.763. The number of rotatable bonds is 3. The van der Waals surface area contributed by atoms with Crippen LogP contribution in [0, 0.1) is 10.5 Å². The maximum absolute atomic E-state index is 11.9. The molecule has 6 nitrogen and oxygen atoms in total. The number of hydrogen-bond acceptors (Lipinski definition) is 4.